The maximum Gasteiger partial charge on any atom is 0.419 e. The normalized spacial score (nSPS) is 15.9. The van der Waals surface area contributed by atoms with Crippen LogP contribution in [-0.2, 0) is 11.0 Å². The van der Waals surface area contributed by atoms with Gasteiger partial charge in [-0.2, -0.15) is 18.4 Å². The number of halogens is 4. The number of aromatic carboxylic acids is 1. The van der Waals surface area contributed by atoms with E-state index in [9.17, 15) is 27.2 Å². The Morgan fingerprint density at radius 1 is 1.26 bits per heavy atom. The smallest absolute Gasteiger partial charge is 0.419 e. The summed E-state index contributed by atoms with van der Waals surface area (Å²) in [5.41, 5.74) is -4.46. The summed E-state index contributed by atoms with van der Waals surface area (Å²) in [5.74, 6) is -3.95. The van der Waals surface area contributed by atoms with Crippen molar-refractivity contribution in [2.75, 3.05) is 9.80 Å². The highest BCUT2D eigenvalue weighted by atomic mass is 32.1. The van der Waals surface area contributed by atoms with Gasteiger partial charge in [0.2, 0.25) is 0 Å². The minimum atomic E-state index is -4.94. The number of aromatic nitrogens is 2. The van der Waals surface area contributed by atoms with Crippen LogP contribution in [0.15, 0.2) is 24.3 Å². The first-order valence-electron chi connectivity index (χ1n) is 8.37. The number of carbonyl (C=O) groups excluding carboxylic acids is 1. The zero-order valence-electron chi connectivity index (χ0n) is 15.7. The van der Waals surface area contributed by atoms with E-state index >= 15 is 0 Å². The minimum Gasteiger partial charge on any atom is -0.478 e. The number of nitrogens with zero attached hydrogens (tertiary/aromatic N) is 5. The minimum absolute atomic E-state index is 0.00555. The van der Waals surface area contributed by atoms with Crippen LogP contribution >= 0.6 is 12.2 Å². The first kappa shape index (κ1) is 22.0. The topological polar surface area (TPSA) is 110 Å². The first-order chi connectivity index (χ1) is 14.3. The van der Waals surface area contributed by atoms with Crippen molar-refractivity contribution in [3.63, 3.8) is 0 Å². The molecule has 0 spiro atoms. The fraction of sp³-hybridized carbons (Fsp3) is 0.222. The fourth-order valence-electron chi connectivity index (χ4n) is 3.04. The molecule has 0 saturated carbocycles. The van der Waals surface area contributed by atoms with Crippen LogP contribution in [0.3, 0.4) is 0 Å². The van der Waals surface area contributed by atoms with E-state index in [1.807, 2.05) is 0 Å². The highest BCUT2D eigenvalue weighted by Gasteiger charge is 2.51. The Balaban J connectivity index is 2.12. The van der Waals surface area contributed by atoms with E-state index in [1.54, 1.807) is 0 Å². The molecule has 1 fully saturated rings. The maximum absolute atomic E-state index is 14.2. The highest BCUT2D eigenvalue weighted by Crippen LogP contribution is 2.38. The van der Waals surface area contributed by atoms with Gasteiger partial charge in [-0.3, -0.25) is 4.79 Å². The van der Waals surface area contributed by atoms with Crippen LogP contribution in [0.4, 0.5) is 29.1 Å². The molecule has 0 atom stereocenters. The molecule has 8 nitrogen and oxygen atoms in total. The lowest BCUT2D eigenvalue weighted by molar-refractivity contribution is -0.138. The molecule has 0 unspecified atom stereocenters. The van der Waals surface area contributed by atoms with Gasteiger partial charge in [0, 0.05) is 5.69 Å². The van der Waals surface area contributed by atoms with Crippen LogP contribution in [-0.4, -0.2) is 37.8 Å². The number of rotatable bonds is 3. The summed E-state index contributed by atoms with van der Waals surface area (Å²) in [6, 6.07) is 4.79. The quantitative estimate of drug-likeness (QED) is 0.558. The van der Waals surface area contributed by atoms with Gasteiger partial charge in [-0.1, -0.05) is 0 Å². The summed E-state index contributed by atoms with van der Waals surface area (Å²) >= 11 is 5.26. The number of thiocarbonyl (C=S) groups is 1. The van der Waals surface area contributed by atoms with E-state index in [0.29, 0.717) is 11.0 Å². The Kier molecular flexibility index (Phi) is 5.14. The summed E-state index contributed by atoms with van der Waals surface area (Å²) in [5, 5.41) is 24.3. The lowest BCUT2D eigenvalue weighted by Gasteiger charge is -2.29. The molecule has 31 heavy (non-hydrogen) atoms. The van der Waals surface area contributed by atoms with Crippen LogP contribution in [0.2, 0.25) is 0 Å². The average Bonchev–Trinajstić information content (AvgIpc) is 2.84. The van der Waals surface area contributed by atoms with E-state index < -0.39 is 52.0 Å². The average molecular weight is 453 g/mol. The number of carbonyl (C=O) groups is 2. The summed E-state index contributed by atoms with van der Waals surface area (Å²) in [6.45, 7) is 2.79. The predicted octanol–water partition coefficient (Wildman–Crippen LogP) is 3.12. The molecule has 1 amide bonds. The van der Waals surface area contributed by atoms with Crippen molar-refractivity contribution in [3.8, 4) is 6.07 Å². The lowest BCUT2D eigenvalue weighted by atomic mass is 10.0. The zero-order chi connectivity index (χ0) is 23.3. The standard InChI is InChI=1S/C18H11F4N5O3S/c1-17(2)15(30)26(13-6-10(18(20,21)22)12(7-23)24-25-13)16(31)27(17)8-3-4-9(14(28)29)11(19)5-8/h3-6H,1-2H3,(H,28,29). The van der Waals surface area contributed by atoms with Gasteiger partial charge in [-0.15, -0.1) is 10.2 Å². The number of carboxylic acid groups (broad SMARTS) is 1. The van der Waals surface area contributed by atoms with Crippen LogP contribution in [0.25, 0.3) is 0 Å². The van der Waals surface area contributed by atoms with Gasteiger partial charge < -0.3 is 10.0 Å². The molecule has 0 radical (unpaired) electrons. The zero-order valence-corrected chi connectivity index (χ0v) is 16.5. The number of benzene rings is 1. The maximum atomic E-state index is 14.2. The largest absolute Gasteiger partial charge is 0.478 e. The molecule has 2 aromatic rings. The van der Waals surface area contributed by atoms with Gasteiger partial charge in [-0.05, 0) is 50.3 Å². The van der Waals surface area contributed by atoms with E-state index in [2.05, 4.69) is 10.2 Å². The summed E-state index contributed by atoms with van der Waals surface area (Å²) in [7, 11) is 0. The van der Waals surface area contributed by atoms with Gasteiger partial charge in [0.1, 0.15) is 17.4 Å². The van der Waals surface area contributed by atoms with Crippen molar-refractivity contribution in [2.24, 2.45) is 0 Å². The van der Waals surface area contributed by atoms with E-state index in [1.165, 1.54) is 26.0 Å². The van der Waals surface area contributed by atoms with Gasteiger partial charge in [0.15, 0.2) is 16.6 Å². The number of carboxylic acids is 1. The molecule has 13 heteroatoms. The van der Waals surface area contributed by atoms with E-state index in [4.69, 9.17) is 22.6 Å². The molecule has 0 aliphatic carbocycles. The summed E-state index contributed by atoms with van der Waals surface area (Å²) < 4.78 is 54.0. The number of hydrogen-bond acceptors (Lipinski definition) is 6. The van der Waals surface area contributed by atoms with Gasteiger partial charge in [-0.25, -0.2) is 14.1 Å². The van der Waals surface area contributed by atoms with Gasteiger partial charge in [0.05, 0.1) is 11.1 Å². The molecule has 1 aromatic carbocycles. The molecule has 0 bridgehead atoms. The fourth-order valence-corrected chi connectivity index (χ4v) is 3.55. The molecule has 1 aliphatic heterocycles. The van der Waals surface area contributed by atoms with Crippen molar-refractivity contribution in [1.82, 2.24) is 10.2 Å². The second-order valence-corrected chi connectivity index (χ2v) is 7.23. The van der Waals surface area contributed by atoms with Crippen LogP contribution in [0, 0.1) is 17.1 Å². The van der Waals surface area contributed by atoms with Crippen molar-refractivity contribution < 1.29 is 32.3 Å². The van der Waals surface area contributed by atoms with E-state index in [0.717, 1.165) is 17.0 Å². The molecule has 1 N–H and O–H groups in total. The molecular weight excluding hydrogens is 442 g/mol. The second kappa shape index (κ2) is 7.24. The third-order valence-corrected chi connectivity index (χ3v) is 4.90. The van der Waals surface area contributed by atoms with Crippen molar-refractivity contribution >= 4 is 40.7 Å². The monoisotopic (exact) mass is 453 g/mol. The Morgan fingerprint density at radius 3 is 2.42 bits per heavy atom. The summed E-state index contributed by atoms with van der Waals surface area (Å²) in [4.78, 5) is 25.9. The number of alkyl halides is 3. The van der Waals surface area contributed by atoms with Crippen LogP contribution in [0.5, 0.6) is 0 Å². The van der Waals surface area contributed by atoms with Crippen LogP contribution in [0.1, 0.15) is 35.5 Å². The number of hydrogen-bond donors (Lipinski definition) is 1. The predicted molar refractivity (Wildman–Crippen MR) is 102 cm³/mol. The van der Waals surface area contributed by atoms with Gasteiger partial charge in [0.25, 0.3) is 5.91 Å². The number of nitriles is 1. The first-order valence-corrected chi connectivity index (χ1v) is 8.78. The molecular formula is C18H11F4N5O3S. The highest BCUT2D eigenvalue weighted by molar-refractivity contribution is 7.81. The number of anilines is 2. The third kappa shape index (κ3) is 3.55. The van der Waals surface area contributed by atoms with Crippen molar-refractivity contribution in [1.29, 1.82) is 5.26 Å². The molecule has 3 rings (SSSR count). The lowest BCUT2D eigenvalue weighted by Crippen LogP contribution is -2.44. The van der Waals surface area contributed by atoms with Crippen molar-refractivity contribution in [3.05, 3.63) is 46.9 Å². The number of amides is 1. The van der Waals surface area contributed by atoms with Crippen LogP contribution < -0.4 is 9.80 Å². The molecule has 1 aliphatic rings. The molecule has 1 saturated heterocycles. The SMILES string of the molecule is CC1(C)C(=O)N(c2cc(C(F)(F)F)c(C#N)nn2)C(=S)N1c1ccc(C(=O)O)c(F)c1. The third-order valence-electron chi connectivity index (χ3n) is 4.53. The summed E-state index contributed by atoms with van der Waals surface area (Å²) in [6.07, 6.45) is -4.94. The Hall–Kier alpha value is -3.66. The second-order valence-electron chi connectivity index (χ2n) is 6.86. The Morgan fingerprint density at radius 2 is 1.90 bits per heavy atom. The van der Waals surface area contributed by atoms with E-state index in [-0.39, 0.29) is 10.8 Å². The Labute approximate surface area is 177 Å². The molecule has 160 valence electrons. The Bertz CT molecular complexity index is 1180. The molecule has 2 heterocycles. The van der Waals surface area contributed by atoms with Gasteiger partial charge >= 0.3 is 12.1 Å². The molecule has 1 aromatic heterocycles. The van der Waals surface area contributed by atoms with Crippen molar-refractivity contribution in [2.45, 2.75) is 25.6 Å².